The number of hydrogen-bond donors (Lipinski definition) is 1. The third-order valence-corrected chi connectivity index (χ3v) is 2.21. The van der Waals surface area contributed by atoms with Crippen LogP contribution in [0.2, 0.25) is 0 Å². The number of aliphatic carboxylic acids is 1. The number of aromatic nitrogens is 2. The fraction of sp³-hybridized carbons (Fsp3) is 0.429. The number of nitrogens with zero attached hydrogens (tertiary/aromatic N) is 2. The molecule has 0 fully saturated rings. The van der Waals surface area contributed by atoms with Gasteiger partial charge in [0.25, 0.3) is 0 Å². The van der Waals surface area contributed by atoms with Gasteiger partial charge in [0.15, 0.2) is 0 Å². The van der Waals surface area contributed by atoms with Gasteiger partial charge in [-0.1, -0.05) is 6.92 Å². The second-order valence-electron chi connectivity index (χ2n) is 2.61. The average molecular weight is 233 g/mol. The molecule has 0 amide bonds. The van der Waals surface area contributed by atoms with Crippen molar-refractivity contribution in [1.29, 1.82) is 0 Å². The normalized spacial score (nSPS) is 12.8. The summed E-state index contributed by atoms with van der Waals surface area (Å²) in [5, 5.41) is 8.62. The molecule has 0 radical (unpaired) electrons. The third-order valence-electron chi connectivity index (χ3n) is 1.55. The Morgan fingerprint density at radius 2 is 2.58 bits per heavy atom. The Morgan fingerprint density at radius 1 is 1.92 bits per heavy atom. The van der Waals surface area contributed by atoms with Crippen LogP contribution in [-0.4, -0.2) is 20.6 Å². The lowest BCUT2D eigenvalue weighted by Gasteiger charge is -2.07. The van der Waals surface area contributed by atoms with Crippen LogP contribution in [0.4, 0.5) is 0 Å². The van der Waals surface area contributed by atoms with Crippen molar-refractivity contribution in [3.05, 3.63) is 17.1 Å². The molecule has 5 heteroatoms. The summed E-state index contributed by atoms with van der Waals surface area (Å²) in [5.74, 6) is -1.19. The van der Waals surface area contributed by atoms with Crippen molar-refractivity contribution in [2.24, 2.45) is 5.92 Å². The summed E-state index contributed by atoms with van der Waals surface area (Å²) in [7, 11) is 0. The summed E-state index contributed by atoms with van der Waals surface area (Å²) >= 11 is 3.25. The highest BCUT2D eigenvalue weighted by atomic mass is 79.9. The Bertz CT molecular complexity index is 285. The minimum atomic E-state index is -0.796. The molecule has 1 heterocycles. The van der Waals surface area contributed by atoms with Crippen LogP contribution in [0.1, 0.15) is 6.92 Å². The molecule has 1 unspecified atom stereocenters. The molecular weight excluding hydrogens is 224 g/mol. The standard InChI is InChI=1S/C7H9BrN2O2/c1-5(7(11)12)3-10-4-9-2-6(10)8/h2,4-5H,3H2,1H3,(H,11,12). The molecule has 1 atom stereocenters. The number of imidazole rings is 1. The Hall–Kier alpha value is -0.840. The molecule has 1 aromatic rings. The van der Waals surface area contributed by atoms with Gasteiger partial charge in [0.1, 0.15) is 4.60 Å². The molecule has 0 aliphatic rings. The maximum Gasteiger partial charge on any atom is 0.308 e. The summed E-state index contributed by atoms with van der Waals surface area (Å²) in [6.07, 6.45) is 3.23. The van der Waals surface area contributed by atoms with E-state index in [0.29, 0.717) is 6.54 Å². The van der Waals surface area contributed by atoms with E-state index in [9.17, 15) is 4.79 Å². The van der Waals surface area contributed by atoms with Crippen molar-refractivity contribution in [2.45, 2.75) is 13.5 Å². The summed E-state index contributed by atoms with van der Waals surface area (Å²) in [4.78, 5) is 14.3. The molecule has 1 rings (SSSR count). The molecule has 0 aliphatic carbocycles. The predicted octanol–water partition coefficient (Wildman–Crippen LogP) is 1.37. The van der Waals surface area contributed by atoms with Gasteiger partial charge in [-0.25, -0.2) is 4.98 Å². The van der Waals surface area contributed by atoms with Crippen molar-refractivity contribution in [3.63, 3.8) is 0 Å². The molecule has 0 spiro atoms. The number of halogens is 1. The van der Waals surface area contributed by atoms with Crippen LogP contribution in [0.3, 0.4) is 0 Å². The maximum atomic E-state index is 10.5. The quantitative estimate of drug-likeness (QED) is 0.857. The van der Waals surface area contributed by atoms with E-state index >= 15 is 0 Å². The minimum absolute atomic E-state index is 0.393. The zero-order chi connectivity index (χ0) is 9.14. The van der Waals surface area contributed by atoms with Crippen LogP contribution < -0.4 is 0 Å². The van der Waals surface area contributed by atoms with Crippen LogP contribution in [0, 0.1) is 5.92 Å². The van der Waals surface area contributed by atoms with E-state index in [4.69, 9.17) is 5.11 Å². The predicted molar refractivity (Wildman–Crippen MR) is 46.7 cm³/mol. The highest BCUT2D eigenvalue weighted by molar-refractivity contribution is 9.10. The molecule has 66 valence electrons. The van der Waals surface area contributed by atoms with Gasteiger partial charge in [0.2, 0.25) is 0 Å². The van der Waals surface area contributed by atoms with E-state index in [1.165, 1.54) is 0 Å². The first kappa shape index (κ1) is 9.25. The number of carboxylic acids is 1. The molecule has 0 saturated heterocycles. The average Bonchev–Trinajstić information content (AvgIpc) is 2.36. The van der Waals surface area contributed by atoms with Crippen molar-refractivity contribution in [2.75, 3.05) is 0 Å². The van der Waals surface area contributed by atoms with Crippen LogP contribution in [0.5, 0.6) is 0 Å². The molecule has 12 heavy (non-hydrogen) atoms. The molecule has 1 aromatic heterocycles. The molecule has 1 N–H and O–H groups in total. The van der Waals surface area contributed by atoms with Crippen LogP contribution >= 0.6 is 15.9 Å². The SMILES string of the molecule is CC(Cn1cncc1Br)C(=O)O. The summed E-state index contributed by atoms with van der Waals surface area (Å²) in [6, 6.07) is 0. The minimum Gasteiger partial charge on any atom is -0.481 e. The molecular formula is C7H9BrN2O2. The summed E-state index contributed by atoms with van der Waals surface area (Å²) in [6.45, 7) is 2.10. The molecule has 4 nitrogen and oxygen atoms in total. The lowest BCUT2D eigenvalue weighted by molar-refractivity contribution is -0.141. The second kappa shape index (κ2) is 3.71. The topological polar surface area (TPSA) is 55.1 Å². The van der Waals surface area contributed by atoms with E-state index in [2.05, 4.69) is 20.9 Å². The van der Waals surface area contributed by atoms with Gasteiger partial charge in [-0.15, -0.1) is 0 Å². The van der Waals surface area contributed by atoms with Gasteiger partial charge in [0.05, 0.1) is 18.4 Å². The third kappa shape index (κ3) is 2.07. The zero-order valence-corrected chi connectivity index (χ0v) is 8.15. The van der Waals surface area contributed by atoms with Crippen molar-refractivity contribution in [3.8, 4) is 0 Å². The highest BCUT2D eigenvalue weighted by Crippen LogP contribution is 2.10. The number of hydrogen-bond acceptors (Lipinski definition) is 2. The molecule has 0 aliphatic heterocycles. The molecule has 0 saturated carbocycles. The highest BCUT2D eigenvalue weighted by Gasteiger charge is 2.12. The van der Waals surface area contributed by atoms with Crippen molar-refractivity contribution < 1.29 is 9.90 Å². The number of rotatable bonds is 3. The Balaban J connectivity index is 2.64. The zero-order valence-electron chi connectivity index (χ0n) is 6.57. The Labute approximate surface area is 78.4 Å². The summed E-state index contributed by atoms with van der Waals surface area (Å²) in [5.41, 5.74) is 0. The Kier molecular flexibility index (Phi) is 2.86. The first-order valence-electron chi connectivity index (χ1n) is 3.49. The van der Waals surface area contributed by atoms with E-state index < -0.39 is 11.9 Å². The number of carboxylic acid groups (broad SMARTS) is 1. The fourth-order valence-corrected chi connectivity index (χ4v) is 1.17. The van der Waals surface area contributed by atoms with Gasteiger partial charge in [-0.05, 0) is 15.9 Å². The first-order valence-corrected chi connectivity index (χ1v) is 4.29. The lowest BCUT2D eigenvalue weighted by Crippen LogP contribution is -2.16. The van der Waals surface area contributed by atoms with Gasteiger partial charge < -0.3 is 9.67 Å². The van der Waals surface area contributed by atoms with Crippen molar-refractivity contribution >= 4 is 21.9 Å². The molecule has 0 bridgehead atoms. The van der Waals surface area contributed by atoms with E-state index in [1.54, 1.807) is 24.0 Å². The van der Waals surface area contributed by atoms with Crippen LogP contribution in [0.25, 0.3) is 0 Å². The van der Waals surface area contributed by atoms with Gasteiger partial charge >= 0.3 is 5.97 Å². The van der Waals surface area contributed by atoms with E-state index in [0.717, 1.165) is 4.60 Å². The maximum absolute atomic E-state index is 10.5. The van der Waals surface area contributed by atoms with Crippen LogP contribution in [-0.2, 0) is 11.3 Å². The molecule has 0 aromatic carbocycles. The largest absolute Gasteiger partial charge is 0.481 e. The Morgan fingerprint density at radius 3 is 3.00 bits per heavy atom. The van der Waals surface area contributed by atoms with Crippen LogP contribution in [0.15, 0.2) is 17.1 Å². The number of carbonyl (C=O) groups is 1. The monoisotopic (exact) mass is 232 g/mol. The van der Waals surface area contributed by atoms with E-state index in [1.807, 2.05) is 0 Å². The first-order chi connectivity index (χ1) is 5.61. The van der Waals surface area contributed by atoms with Crippen molar-refractivity contribution in [1.82, 2.24) is 9.55 Å². The van der Waals surface area contributed by atoms with Gasteiger partial charge in [-0.3, -0.25) is 4.79 Å². The van der Waals surface area contributed by atoms with Gasteiger partial charge in [0, 0.05) is 6.54 Å². The van der Waals surface area contributed by atoms with Gasteiger partial charge in [-0.2, -0.15) is 0 Å². The smallest absolute Gasteiger partial charge is 0.308 e. The summed E-state index contributed by atoms with van der Waals surface area (Å²) < 4.78 is 2.55. The van der Waals surface area contributed by atoms with E-state index in [-0.39, 0.29) is 0 Å². The lowest BCUT2D eigenvalue weighted by atomic mass is 10.2. The second-order valence-corrected chi connectivity index (χ2v) is 3.42. The fourth-order valence-electron chi connectivity index (χ4n) is 0.812.